The van der Waals surface area contributed by atoms with E-state index in [4.69, 9.17) is 0 Å². The van der Waals surface area contributed by atoms with E-state index in [2.05, 4.69) is 5.32 Å². The van der Waals surface area contributed by atoms with Gasteiger partial charge in [-0.2, -0.15) is 4.31 Å². The number of nitrogens with one attached hydrogen (secondary N) is 1. The molecule has 2 rings (SSSR count). The monoisotopic (exact) mass is 327 g/mol. The van der Waals surface area contributed by atoms with Crippen LogP contribution < -0.4 is 5.32 Å². The van der Waals surface area contributed by atoms with E-state index < -0.39 is 14.9 Å². The zero-order valence-electron chi connectivity index (χ0n) is 13.0. The highest BCUT2D eigenvalue weighted by atomic mass is 32.2. The summed E-state index contributed by atoms with van der Waals surface area (Å²) in [5.74, 6) is 0. The maximum atomic E-state index is 13.0. The van der Waals surface area contributed by atoms with Gasteiger partial charge in [-0.15, -0.1) is 0 Å². The van der Waals surface area contributed by atoms with E-state index >= 15 is 0 Å². The van der Waals surface area contributed by atoms with Crippen LogP contribution in [0.2, 0.25) is 0 Å². The molecule has 1 aromatic carbocycles. The summed E-state index contributed by atoms with van der Waals surface area (Å²) in [5.41, 5.74) is 0.830. The van der Waals surface area contributed by atoms with Gasteiger partial charge < -0.3 is 5.32 Å². The molecule has 1 N–H and O–H groups in total. The smallest absolute Gasteiger partial charge is 0.289 e. The Hall–Kier alpha value is -1.51. The number of hydrogen-bond acceptors (Lipinski definition) is 5. The molecule has 1 aliphatic heterocycles. The van der Waals surface area contributed by atoms with Gasteiger partial charge in [0.25, 0.3) is 5.69 Å². The molecule has 1 atom stereocenters. The molecular formula is C14H21N3O4S. The zero-order chi connectivity index (χ0) is 16.5. The van der Waals surface area contributed by atoms with Gasteiger partial charge in [-0.1, -0.05) is 6.07 Å². The average molecular weight is 327 g/mol. The first-order chi connectivity index (χ1) is 10.3. The van der Waals surface area contributed by atoms with Crippen molar-refractivity contribution in [3.8, 4) is 0 Å². The molecule has 1 aliphatic rings. The second-order valence-electron chi connectivity index (χ2n) is 5.58. The zero-order valence-corrected chi connectivity index (χ0v) is 13.8. The Bertz CT molecular complexity index is 688. The molecule has 0 aromatic heterocycles. The van der Waals surface area contributed by atoms with Gasteiger partial charge in [-0.05, 0) is 44.9 Å². The SMILES string of the molecule is CNCC1CCCN1S(=O)(=O)c1c([N+](=O)[O-])ccc(C)c1C. The number of aryl methyl sites for hydroxylation is 1. The molecule has 0 amide bonds. The Morgan fingerprint density at radius 3 is 2.68 bits per heavy atom. The van der Waals surface area contributed by atoms with Crippen LogP contribution in [0.25, 0.3) is 0 Å². The first kappa shape index (κ1) is 16.9. The lowest BCUT2D eigenvalue weighted by Crippen LogP contribution is -2.41. The molecular weight excluding hydrogens is 306 g/mol. The fourth-order valence-electron chi connectivity index (χ4n) is 2.93. The van der Waals surface area contributed by atoms with Crippen molar-refractivity contribution in [2.75, 3.05) is 20.1 Å². The van der Waals surface area contributed by atoms with Crippen molar-refractivity contribution in [2.24, 2.45) is 0 Å². The largest absolute Gasteiger partial charge is 0.318 e. The second kappa shape index (κ2) is 6.31. The van der Waals surface area contributed by atoms with Gasteiger partial charge in [0.1, 0.15) is 0 Å². The van der Waals surface area contributed by atoms with Crippen molar-refractivity contribution >= 4 is 15.7 Å². The van der Waals surface area contributed by atoms with Gasteiger partial charge in [0, 0.05) is 25.2 Å². The highest BCUT2D eigenvalue weighted by Crippen LogP contribution is 2.34. The van der Waals surface area contributed by atoms with Crippen LogP contribution in [0.5, 0.6) is 0 Å². The number of sulfonamides is 1. The van der Waals surface area contributed by atoms with Crippen molar-refractivity contribution < 1.29 is 13.3 Å². The molecule has 0 aliphatic carbocycles. The molecule has 0 saturated carbocycles. The van der Waals surface area contributed by atoms with Crippen molar-refractivity contribution in [1.29, 1.82) is 0 Å². The van der Waals surface area contributed by atoms with Crippen molar-refractivity contribution in [3.05, 3.63) is 33.4 Å². The number of nitro benzene ring substituents is 1. The Morgan fingerprint density at radius 2 is 2.09 bits per heavy atom. The van der Waals surface area contributed by atoms with Crippen LogP contribution in [-0.4, -0.2) is 43.8 Å². The van der Waals surface area contributed by atoms with Crippen LogP contribution in [0.3, 0.4) is 0 Å². The number of hydrogen-bond donors (Lipinski definition) is 1. The minimum Gasteiger partial charge on any atom is -0.318 e. The van der Waals surface area contributed by atoms with Gasteiger partial charge in [-0.3, -0.25) is 10.1 Å². The summed E-state index contributed by atoms with van der Waals surface area (Å²) < 4.78 is 27.4. The van der Waals surface area contributed by atoms with E-state index in [1.807, 2.05) is 0 Å². The van der Waals surface area contributed by atoms with E-state index in [1.54, 1.807) is 27.0 Å². The molecule has 22 heavy (non-hydrogen) atoms. The number of benzene rings is 1. The first-order valence-electron chi connectivity index (χ1n) is 7.21. The maximum Gasteiger partial charge on any atom is 0.289 e. The van der Waals surface area contributed by atoms with E-state index in [9.17, 15) is 18.5 Å². The Labute approximate surface area is 130 Å². The molecule has 1 aromatic rings. The lowest BCUT2D eigenvalue weighted by Gasteiger charge is -2.24. The van der Waals surface area contributed by atoms with Crippen LogP contribution in [-0.2, 0) is 10.0 Å². The Kier molecular flexibility index (Phi) is 4.84. The third-order valence-corrected chi connectivity index (χ3v) is 6.31. The Balaban J connectivity index is 2.59. The second-order valence-corrected chi connectivity index (χ2v) is 7.41. The maximum absolute atomic E-state index is 13.0. The summed E-state index contributed by atoms with van der Waals surface area (Å²) in [6.07, 6.45) is 1.53. The summed E-state index contributed by atoms with van der Waals surface area (Å²) in [5, 5.41) is 14.3. The normalized spacial score (nSPS) is 19.5. The predicted molar refractivity (Wildman–Crippen MR) is 83.4 cm³/mol. The van der Waals surface area contributed by atoms with Crippen LogP contribution in [0.4, 0.5) is 5.69 Å². The average Bonchev–Trinajstić information content (AvgIpc) is 2.90. The lowest BCUT2D eigenvalue weighted by atomic mass is 10.1. The van der Waals surface area contributed by atoms with Crippen molar-refractivity contribution in [3.63, 3.8) is 0 Å². The third-order valence-electron chi connectivity index (χ3n) is 4.18. The van der Waals surface area contributed by atoms with E-state index in [0.29, 0.717) is 18.7 Å². The molecule has 1 saturated heterocycles. The Morgan fingerprint density at radius 1 is 1.41 bits per heavy atom. The fourth-order valence-corrected chi connectivity index (χ4v) is 5.06. The minimum absolute atomic E-state index is 0.158. The molecule has 1 heterocycles. The van der Waals surface area contributed by atoms with Gasteiger partial charge in [0.05, 0.1) is 4.92 Å². The van der Waals surface area contributed by atoms with Gasteiger partial charge >= 0.3 is 0 Å². The number of rotatable bonds is 5. The summed E-state index contributed by atoms with van der Waals surface area (Å²) in [6, 6.07) is 2.70. The lowest BCUT2D eigenvalue weighted by molar-refractivity contribution is -0.388. The van der Waals surface area contributed by atoms with Gasteiger partial charge in [0.15, 0.2) is 4.90 Å². The van der Waals surface area contributed by atoms with Crippen LogP contribution in [0.15, 0.2) is 17.0 Å². The molecule has 122 valence electrons. The number of nitrogens with zero attached hydrogens (tertiary/aromatic N) is 2. The molecule has 0 bridgehead atoms. The molecule has 0 radical (unpaired) electrons. The van der Waals surface area contributed by atoms with E-state index in [1.165, 1.54) is 10.4 Å². The van der Waals surface area contributed by atoms with Crippen LogP contribution >= 0.6 is 0 Å². The molecule has 1 fully saturated rings. The first-order valence-corrected chi connectivity index (χ1v) is 8.65. The van der Waals surface area contributed by atoms with Crippen LogP contribution in [0, 0.1) is 24.0 Å². The number of likely N-dealkylation sites (N-methyl/N-ethyl adjacent to an activating group) is 1. The summed E-state index contributed by atoms with van der Waals surface area (Å²) >= 11 is 0. The highest BCUT2D eigenvalue weighted by Gasteiger charge is 2.39. The molecule has 0 spiro atoms. The highest BCUT2D eigenvalue weighted by molar-refractivity contribution is 7.89. The van der Waals surface area contributed by atoms with Crippen molar-refractivity contribution in [2.45, 2.75) is 37.6 Å². The minimum atomic E-state index is -3.89. The van der Waals surface area contributed by atoms with E-state index in [-0.39, 0.29) is 16.6 Å². The van der Waals surface area contributed by atoms with Gasteiger partial charge in [0.2, 0.25) is 10.0 Å². The third kappa shape index (κ3) is 2.86. The van der Waals surface area contributed by atoms with Gasteiger partial charge in [-0.25, -0.2) is 8.42 Å². The number of nitro groups is 1. The molecule has 8 heteroatoms. The summed E-state index contributed by atoms with van der Waals surface area (Å²) in [7, 11) is -2.12. The summed E-state index contributed by atoms with van der Waals surface area (Å²) in [6.45, 7) is 4.32. The fraction of sp³-hybridized carbons (Fsp3) is 0.571. The molecule has 7 nitrogen and oxygen atoms in total. The summed E-state index contributed by atoms with van der Waals surface area (Å²) in [4.78, 5) is 10.5. The van der Waals surface area contributed by atoms with Crippen molar-refractivity contribution in [1.82, 2.24) is 9.62 Å². The predicted octanol–water partition coefficient (Wildman–Crippen LogP) is 1.58. The van der Waals surface area contributed by atoms with Crippen LogP contribution in [0.1, 0.15) is 24.0 Å². The standard InChI is InChI=1S/C14H21N3O4S/c1-10-6-7-13(17(18)19)14(11(10)2)22(20,21)16-8-4-5-12(16)9-15-3/h6-7,12,15H,4-5,8-9H2,1-3H3. The molecule has 1 unspecified atom stereocenters. The quantitative estimate of drug-likeness (QED) is 0.655. The van der Waals surface area contributed by atoms with E-state index in [0.717, 1.165) is 18.4 Å². The topological polar surface area (TPSA) is 92.6 Å².